The van der Waals surface area contributed by atoms with Crippen LogP contribution in [-0.4, -0.2) is 32.1 Å². The molecule has 0 aliphatic carbocycles. The van der Waals surface area contributed by atoms with Gasteiger partial charge in [0.15, 0.2) is 0 Å². The first-order valence-corrected chi connectivity index (χ1v) is 21.1. The molecule has 4 rings (SSSR count). The van der Waals surface area contributed by atoms with Gasteiger partial charge in [0.1, 0.15) is 23.0 Å². The van der Waals surface area contributed by atoms with Gasteiger partial charge in [0.2, 0.25) is 0 Å². The second-order valence-electron chi connectivity index (χ2n) is 16.2. The Labute approximate surface area is 369 Å². The van der Waals surface area contributed by atoms with Gasteiger partial charge in [-0.2, -0.15) is 26.3 Å². The summed E-state index contributed by atoms with van der Waals surface area (Å²) in [6.45, 7) is 19.6. The summed E-state index contributed by atoms with van der Waals surface area (Å²) in [7, 11) is 0. The number of allylic oxidation sites excluding steroid dienone is 4. The van der Waals surface area contributed by atoms with Crippen LogP contribution in [0.25, 0.3) is 23.5 Å². The van der Waals surface area contributed by atoms with Gasteiger partial charge in [-0.15, -0.1) is 0 Å². The second kappa shape index (κ2) is 24.2. The number of hydrogen-bond acceptors (Lipinski definition) is 4. The van der Waals surface area contributed by atoms with E-state index < -0.39 is 25.2 Å². The molecule has 0 heterocycles. The van der Waals surface area contributed by atoms with Crippen LogP contribution in [0.1, 0.15) is 91.7 Å². The van der Waals surface area contributed by atoms with Crippen molar-refractivity contribution in [2.24, 2.45) is 11.1 Å². The van der Waals surface area contributed by atoms with Crippen molar-refractivity contribution in [1.29, 1.82) is 0 Å². The lowest BCUT2D eigenvalue weighted by Crippen LogP contribution is -2.32. The molecular weight excluding hydrogens is 813 g/mol. The molecule has 2 N–H and O–H groups in total. The van der Waals surface area contributed by atoms with Gasteiger partial charge in [-0.3, -0.25) is 0 Å². The highest BCUT2D eigenvalue weighted by Crippen LogP contribution is 2.29. The smallest absolute Gasteiger partial charge is 0.389 e. The SMILES string of the molecule is C=C(C/C=C/c1ccc(OC(=C)c2ccc(CCCCC(F)(F)F)cc2)cc1)CCC(C)(CN)COC(=C)/C=C/c1ccc(CC(=C)c2ccc(OCCCC(F)(F)F)cc2)cc1. The Morgan fingerprint density at radius 3 is 1.86 bits per heavy atom. The van der Waals surface area contributed by atoms with Gasteiger partial charge < -0.3 is 19.9 Å². The van der Waals surface area contributed by atoms with Crippen molar-refractivity contribution in [3.63, 3.8) is 0 Å². The maximum Gasteiger partial charge on any atom is 0.389 e. The number of benzene rings is 4. The third-order valence-electron chi connectivity index (χ3n) is 10.5. The molecule has 0 spiro atoms. The summed E-state index contributed by atoms with van der Waals surface area (Å²) in [6, 6.07) is 30.5. The van der Waals surface area contributed by atoms with Crippen LogP contribution in [0.2, 0.25) is 0 Å². The minimum absolute atomic E-state index is 0.00789. The summed E-state index contributed by atoms with van der Waals surface area (Å²) in [6.07, 6.45) is 2.08. The van der Waals surface area contributed by atoms with E-state index in [-0.39, 0.29) is 24.9 Å². The van der Waals surface area contributed by atoms with E-state index in [1.165, 1.54) is 0 Å². The van der Waals surface area contributed by atoms with Gasteiger partial charge in [0.05, 0.1) is 13.2 Å². The molecule has 0 amide bonds. The van der Waals surface area contributed by atoms with Crippen LogP contribution in [-0.2, 0) is 17.6 Å². The maximum absolute atomic E-state index is 12.4. The molecule has 0 bridgehead atoms. The van der Waals surface area contributed by atoms with Crippen molar-refractivity contribution in [2.75, 3.05) is 19.8 Å². The number of halogens is 6. The first-order valence-electron chi connectivity index (χ1n) is 21.1. The number of rotatable bonds is 26. The molecule has 4 aromatic rings. The van der Waals surface area contributed by atoms with Crippen molar-refractivity contribution in [3.05, 3.63) is 180 Å². The van der Waals surface area contributed by atoms with E-state index >= 15 is 0 Å². The zero-order valence-electron chi connectivity index (χ0n) is 36.1. The average molecular weight is 872 g/mol. The number of ether oxygens (including phenoxy) is 3. The molecule has 336 valence electrons. The van der Waals surface area contributed by atoms with Gasteiger partial charge in [-0.05, 0) is 115 Å². The minimum Gasteiger partial charge on any atom is -0.494 e. The number of unbranched alkanes of at least 4 members (excludes halogenated alkanes) is 1. The molecule has 4 aromatic carbocycles. The lowest BCUT2D eigenvalue weighted by atomic mass is 9.84. The zero-order valence-corrected chi connectivity index (χ0v) is 36.1. The molecule has 0 aromatic heterocycles. The normalized spacial score (nSPS) is 12.9. The van der Waals surface area contributed by atoms with Crippen LogP contribution in [0.4, 0.5) is 26.3 Å². The van der Waals surface area contributed by atoms with Crippen molar-refractivity contribution >= 4 is 23.5 Å². The molecule has 1 unspecified atom stereocenters. The summed E-state index contributed by atoms with van der Waals surface area (Å²) in [5.74, 6) is 2.20. The van der Waals surface area contributed by atoms with E-state index in [1.807, 2.05) is 103 Å². The van der Waals surface area contributed by atoms with Crippen LogP contribution in [0.5, 0.6) is 11.5 Å². The fourth-order valence-corrected chi connectivity index (χ4v) is 6.38. The maximum atomic E-state index is 12.4. The molecule has 0 aliphatic heterocycles. The first kappa shape index (κ1) is 49.9. The van der Waals surface area contributed by atoms with Crippen LogP contribution in [0, 0.1) is 5.41 Å². The van der Waals surface area contributed by atoms with Crippen molar-refractivity contribution < 1.29 is 40.6 Å². The summed E-state index contributed by atoms with van der Waals surface area (Å²) in [4.78, 5) is 0. The van der Waals surface area contributed by atoms with Crippen LogP contribution < -0.4 is 15.2 Å². The van der Waals surface area contributed by atoms with Gasteiger partial charge >= 0.3 is 12.4 Å². The monoisotopic (exact) mass is 871 g/mol. The van der Waals surface area contributed by atoms with Crippen LogP contribution in [0.15, 0.2) is 147 Å². The average Bonchev–Trinajstić information content (AvgIpc) is 3.25. The molecule has 0 aliphatic rings. The molecule has 0 radical (unpaired) electrons. The molecule has 63 heavy (non-hydrogen) atoms. The fraction of sp³-hybridized carbons (Fsp3) is 0.321. The Kier molecular flexibility index (Phi) is 19.2. The number of aryl methyl sites for hydroxylation is 1. The van der Waals surface area contributed by atoms with Gasteiger partial charge in [-0.25, -0.2) is 0 Å². The molecule has 0 saturated carbocycles. The lowest BCUT2D eigenvalue weighted by molar-refractivity contribution is -0.137. The first-order chi connectivity index (χ1) is 29.9. The Morgan fingerprint density at radius 2 is 1.22 bits per heavy atom. The predicted molar refractivity (Wildman–Crippen MR) is 246 cm³/mol. The van der Waals surface area contributed by atoms with E-state index in [0.29, 0.717) is 55.4 Å². The molecule has 10 heteroatoms. The van der Waals surface area contributed by atoms with Crippen molar-refractivity contribution in [1.82, 2.24) is 0 Å². The van der Waals surface area contributed by atoms with Gasteiger partial charge in [0.25, 0.3) is 0 Å². The lowest BCUT2D eigenvalue weighted by Gasteiger charge is -2.28. The zero-order chi connectivity index (χ0) is 45.9. The summed E-state index contributed by atoms with van der Waals surface area (Å²) in [5, 5.41) is 0. The van der Waals surface area contributed by atoms with E-state index in [2.05, 4.69) is 39.3 Å². The highest BCUT2D eigenvalue weighted by molar-refractivity contribution is 5.66. The van der Waals surface area contributed by atoms with Crippen LogP contribution in [0.3, 0.4) is 0 Å². The number of nitrogens with two attached hydrogens (primary N) is 1. The van der Waals surface area contributed by atoms with E-state index in [9.17, 15) is 26.3 Å². The summed E-state index contributed by atoms with van der Waals surface area (Å²) in [5.41, 5.74) is 13.7. The molecule has 0 saturated heterocycles. The van der Waals surface area contributed by atoms with Crippen molar-refractivity contribution in [2.45, 2.75) is 83.5 Å². The third kappa shape index (κ3) is 19.5. The quantitative estimate of drug-likeness (QED) is 0.0225. The van der Waals surface area contributed by atoms with Crippen molar-refractivity contribution in [3.8, 4) is 11.5 Å². The van der Waals surface area contributed by atoms with Gasteiger partial charge in [0, 0.05) is 30.4 Å². The highest BCUT2D eigenvalue weighted by Gasteiger charge is 2.27. The topological polar surface area (TPSA) is 53.7 Å². The largest absolute Gasteiger partial charge is 0.494 e. The number of alkyl halides is 6. The molecule has 0 fully saturated rings. The number of hydrogen-bond donors (Lipinski definition) is 1. The molecular formula is C53H59F6NO3. The van der Waals surface area contributed by atoms with Crippen LogP contribution >= 0.6 is 0 Å². The Hall–Kier alpha value is -5.74. The minimum atomic E-state index is -4.18. The molecule has 1 atom stereocenters. The fourth-order valence-electron chi connectivity index (χ4n) is 6.38. The summed E-state index contributed by atoms with van der Waals surface area (Å²) >= 11 is 0. The second-order valence-corrected chi connectivity index (χ2v) is 16.2. The third-order valence-corrected chi connectivity index (χ3v) is 10.5. The Balaban J connectivity index is 1.13. The van der Waals surface area contributed by atoms with E-state index in [1.54, 1.807) is 12.1 Å². The van der Waals surface area contributed by atoms with E-state index in [4.69, 9.17) is 19.9 Å². The predicted octanol–water partition coefficient (Wildman–Crippen LogP) is 14.9. The molecule has 4 nitrogen and oxygen atoms in total. The van der Waals surface area contributed by atoms with E-state index in [0.717, 1.165) is 63.8 Å². The Bertz CT molecular complexity index is 2130. The highest BCUT2D eigenvalue weighted by atomic mass is 19.4. The standard InChI is InChI=1S/C53H59F6NO3/c1-39(10-8-12-44-21-27-50(28-22-44)63-42(4)48-23-19-43(20-24-48)11-6-7-32-52(54,55)56)31-34-51(5,37-60)38-62-41(3)13-14-45-15-17-46(18-16-45)36-40(2)47-25-29-49(30-26-47)61-35-9-33-53(57,58)59/h8,12-30H,1-4,6-7,9-11,31-38,60H2,5H3/b12-8+,14-13+. The van der Waals surface area contributed by atoms with Gasteiger partial charge in [-0.1, -0.05) is 130 Å². The Morgan fingerprint density at radius 1 is 0.651 bits per heavy atom. The summed E-state index contributed by atoms with van der Waals surface area (Å²) < 4.78 is 91.6.